The molecule has 0 radical (unpaired) electrons. The van der Waals surface area contributed by atoms with Gasteiger partial charge in [-0.1, -0.05) is 12.5 Å². The molecule has 1 aromatic heterocycles. The Bertz CT molecular complexity index is 1120. The molecule has 5 rings (SSSR count). The Morgan fingerprint density at radius 2 is 1.84 bits per heavy atom. The highest BCUT2D eigenvalue weighted by Crippen LogP contribution is 2.42. The molecule has 2 heterocycles. The van der Waals surface area contributed by atoms with Gasteiger partial charge in [0.25, 0.3) is 5.91 Å². The van der Waals surface area contributed by atoms with Crippen LogP contribution in [0.15, 0.2) is 30.5 Å². The van der Waals surface area contributed by atoms with E-state index < -0.39 is 0 Å². The van der Waals surface area contributed by atoms with Crippen molar-refractivity contribution in [1.82, 2.24) is 25.1 Å². The minimum Gasteiger partial charge on any atom is -0.370 e. The lowest BCUT2D eigenvalue weighted by molar-refractivity contribution is -0.127. The van der Waals surface area contributed by atoms with E-state index in [4.69, 9.17) is 4.98 Å². The van der Waals surface area contributed by atoms with E-state index >= 15 is 0 Å². The zero-order valence-electron chi connectivity index (χ0n) is 22.7. The first kappa shape index (κ1) is 26.4. The number of piperidine rings is 1. The van der Waals surface area contributed by atoms with Gasteiger partial charge in [-0.2, -0.15) is 4.98 Å². The van der Waals surface area contributed by atoms with E-state index in [0.717, 1.165) is 81.6 Å². The van der Waals surface area contributed by atoms with Crippen molar-refractivity contribution in [2.24, 2.45) is 5.92 Å². The van der Waals surface area contributed by atoms with E-state index in [9.17, 15) is 9.59 Å². The number of anilines is 3. The van der Waals surface area contributed by atoms with Gasteiger partial charge >= 0.3 is 0 Å². The van der Waals surface area contributed by atoms with Crippen LogP contribution in [0.2, 0.25) is 0 Å². The maximum Gasteiger partial charge on any atom is 0.253 e. The summed E-state index contributed by atoms with van der Waals surface area (Å²) in [6.07, 6.45) is 10.3. The van der Waals surface area contributed by atoms with Crippen LogP contribution >= 0.6 is 0 Å². The minimum absolute atomic E-state index is 0.0719. The molecule has 9 heteroatoms. The van der Waals surface area contributed by atoms with Crippen LogP contribution in [0, 0.1) is 5.92 Å². The van der Waals surface area contributed by atoms with Crippen LogP contribution in [0.5, 0.6) is 0 Å². The van der Waals surface area contributed by atoms with Crippen molar-refractivity contribution in [2.75, 3.05) is 50.9 Å². The summed E-state index contributed by atoms with van der Waals surface area (Å²) in [7, 11) is 4.21. The second-order valence-electron chi connectivity index (χ2n) is 11.2. The van der Waals surface area contributed by atoms with Gasteiger partial charge in [0.2, 0.25) is 11.9 Å². The summed E-state index contributed by atoms with van der Waals surface area (Å²) in [6, 6.07) is 8.13. The van der Waals surface area contributed by atoms with Crippen LogP contribution in [0.3, 0.4) is 0 Å². The van der Waals surface area contributed by atoms with Gasteiger partial charge in [0, 0.05) is 61.1 Å². The van der Waals surface area contributed by atoms with Gasteiger partial charge in [-0.3, -0.25) is 9.59 Å². The molecule has 2 aromatic rings. The molecule has 2 saturated carbocycles. The molecule has 204 valence electrons. The van der Waals surface area contributed by atoms with Gasteiger partial charge in [0.1, 0.15) is 5.82 Å². The third-order valence-corrected chi connectivity index (χ3v) is 8.10. The molecule has 0 atom stereocenters. The number of amides is 2. The SMILES string of the molecule is CN(C)C1CCN(C(=O)c2cccc(Nc3ncc(C4CC4)c(NCCCNC(=O)C4CCC4)n3)c2)CC1. The van der Waals surface area contributed by atoms with Crippen LogP contribution in [-0.2, 0) is 4.79 Å². The monoisotopic (exact) mass is 519 g/mol. The molecule has 0 spiro atoms. The number of carbonyl (C=O) groups is 2. The number of likely N-dealkylation sites (tertiary alicyclic amines) is 1. The number of benzene rings is 1. The maximum absolute atomic E-state index is 13.1. The topological polar surface area (TPSA) is 102 Å². The molecule has 3 aliphatic rings. The standard InChI is InChI=1S/C29H41N7O2/c1-35(2)24-12-16-36(17-13-24)28(38)22-8-4-9-23(18-22)33-29-32-19-25(20-10-11-20)26(34-29)30-14-5-15-31-27(37)21-6-3-7-21/h4,8-9,18-21,24H,3,5-7,10-17H2,1-2H3,(H,31,37)(H2,30,32,33,34). The first-order valence-electron chi connectivity index (χ1n) is 14.2. The predicted molar refractivity (Wildman–Crippen MR) is 150 cm³/mol. The summed E-state index contributed by atoms with van der Waals surface area (Å²) >= 11 is 0. The Morgan fingerprint density at radius 3 is 2.53 bits per heavy atom. The lowest BCUT2D eigenvalue weighted by Crippen LogP contribution is -2.44. The quantitative estimate of drug-likeness (QED) is 0.386. The molecule has 9 nitrogen and oxygen atoms in total. The van der Waals surface area contributed by atoms with Crippen LogP contribution in [0.1, 0.15) is 73.2 Å². The molecule has 2 amide bonds. The van der Waals surface area contributed by atoms with Gasteiger partial charge in [0.15, 0.2) is 0 Å². The van der Waals surface area contributed by atoms with Crippen LogP contribution in [-0.4, -0.2) is 77.9 Å². The van der Waals surface area contributed by atoms with Crippen molar-refractivity contribution < 1.29 is 9.59 Å². The Morgan fingerprint density at radius 1 is 1.05 bits per heavy atom. The summed E-state index contributed by atoms with van der Waals surface area (Å²) in [5, 5.41) is 9.82. The van der Waals surface area contributed by atoms with Gasteiger partial charge in [-0.05, 0) is 83.2 Å². The second kappa shape index (κ2) is 12.1. The van der Waals surface area contributed by atoms with E-state index in [2.05, 4.69) is 39.9 Å². The highest BCUT2D eigenvalue weighted by atomic mass is 16.2. The Labute approximate surface area is 225 Å². The largest absolute Gasteiger partial charge is 0.370 e. The molecule has 1 aliphatic heterocycles. The molecule has 0 unspecified atom stereocenters. The second-order valence-corrected chi connectivity index (χ2v) is 11.2. The van der Waals surface area contributed by atoms with E-state index in [1.54, 1.807) is 0 Å². The van der Waals surface area contributed by atoms with Crippen molar-refractivity contribution in [2.45, 2.75) is 63.3 Å². The number of hydrogen-bond acceptors (Lipinski definition) is 7. The molecule has 38 heavy (non-hydrogen) atoms. The Kier molecular flexibility index (Phi) is 8.42. The highest BCUT2D eigenvalue weighted by Gasteiger charge is 2.28. The normalized spacial score (nSPS) is 18.2. The first-order valence-corrected chi connectivity index (χ1v) is 14.2. The smallest absolute Gasteiger partial charge is 0.253 e. The van der Waals surface area contributed by atoms with E-state index in [0.29, 0.717) is 30.0 Å². The fourth-order valence-corrected chi connectivity index (χ4v) is 5.23. The number of carbonyl (C=O) groups excluding carboxylic acids is 2. The van der Waals surface area contributed by atoms with Crippen molar-refractivity contribution in [1.29, 1.82) is 0 Å². The predicted octanol–water partition coefficient (Wildman–Crippen LogP) is 3.98. The fraction of sp³-hybridized carbons (Fsp3) is 0.586. The van der Waals surface area contributed by atoms with Crippen molar-refractivity contribution >= 4 is 29.3 Å². The number of aromatic nitrogens is 2. The Balaban J connectivity index is 1.17. The third-order valence-electron chi connectivity index (χ3n) is 8.10. The average Bonchev–Trinajstić information content (AvgIpc) is 3.73. The number of hydrogen-bond donors (Lipinski definition) is 3. The van der Waals surface area contributed by atoms with E-state index in [1.165, 1.54) is 6.42 Å². The zero-order chi connectivity index (χ0) is 26.5. The molecular weight excluding hydrogens is 478 g/mol. The highest BCUT2D eigenvalue weighted by molar-refractivity contribution is 5.95. The van der Waals surface area contributed by atoms with Crippen LogP contribution in [0.25, 0.3) is 0 Å². The van der Waals surface area contributed by atoms with Gasteiger partial charge < -0.3 is 25.8 Å². The molecular formula is C29H41N7O2. The van der Waals surface area contributed by atoms with Crippen molar-refractivity contribution in [3.05, 3.63) is 41.6 Å². The number of nitrogens with zero attached hydrogens (tertiary/aromatic N) is 4. The lowest BCUT2D eigenvalue weighted by Gasteiger charge is -2.35. The summed E-state index contributed by atoms with van der Waals surface area (Å²) in [5.41, 5.74) is 2.62. The summed E-state index contributed by atoms with van der Waals surface area (Å²) in [6.45, 7) is 2.97. The van der Waals surface area contributed by atoms with Gasteiger partial charge in [-0.25, -0.2) is 4.98 Å². The fourth-order valence-electron chi connectivity index (χ4n) is 5.23. The molecule has 3 fully saturated rings. The lowest BCUT2D eigenvalue weighted by atomic mass is 9.85. The van der Waals surface area contributed by atoms with Gasteiger partial charge in [-0.15, -0.1) is 0 Å². The average molecular weight is 520 g/mol. The third kappa shape index (κ3) is 6.62. The van der Waals surface area contributed by atoms with Crippen LogP contribution < -0.4 is 16.0 Å². The van der Waals surface area contributed by atoms with Gasteiger partial charge in [0.05, 0.1) is 0 Å². The van der Waals surface area contributed by atoms with E-state index in [-0.39, 0.29) is 17.7 Å². The summed E-state index contributed by atoms with van der Waals surface area (Å²) in [4.78, 5) is 38.7. The van der Waals surface area contributed by atoms with Crippen molar-refractivity contribution in [3.8, 4) is 0 Å². The molecule has 0 bridgehead atoms. The van der Waals surface area contributed by atoms with E-state index in [1.807, 2.05) is 35.4 Å². The Hall–Kier alpha value is -3.20. The minimum atomic E-state index is 0.0719. The molecule has 1 saturated heterocycles. The summed E-state index contributed by atoms with van der Waals surface area (Å²) in [5.74, 6) is 2.37. The molecule has 3 N–H and O–H groups in total. The molecule has 2 aliphatic carbocycles. The number of nitrogens with one attached hydrogen (secondary N) is 3. The molecule has 1 aromatic carbocycles. The maximum atomic E-state index is 13.1. The van der Waals surface area contributed by atoms with Crippen molar-refractivity contribution in [3.63, 3.8) is 0 Å². The summed E-state index contributed by atoms with van der Waals surface area (Å²) < 4.78 is 0. The zero-order valence-corrected chi connectivity index (χ0v) is 22.7. The number of rotatable bonds is 11. The van der Waals surface area contributed by atoms with Crippen LogP contribution in [0.4, 0.5) is 17.5 Å². The first-order chi connectivity index (χ1) is 18.5.